The SMILES string of the molecule is Cn1nccc1C(NS(=O)(=O)N1CCCCCC1)C(=O)O. The summed E-state index contributed by atoms with van der Waals surface area (Å²) in [4.78, 5) is 11.4. The molecule has 1 fully saturated rings. The molecule has 0 amide bonds. The molecule has 0 bridgehead atoms. The van der Waals surface area contributed by atoms with Crippen LogP contribution in [0.5, 0.6) is 0 Å². The van der Waals surface area contributed by atoms with Gasteiger partial charge < -0.3 is 5.11 Å². The number of aryl methyl sites for hydroxylation is 1. The summed E-state index contributed by atoms with van der Waals surface area (Å²) in [5, 5.41) is 13.2. The molecule has 1 saturated heterocycles. The van der Waals surface area contributed by atoms with Crippen LogP contribution in [0.25, 0.3) is 0 Å². The second-order valence-electron chi connectivity index (χ2n) is 5.09. The summed E-state index contributed by atoms with van der Waals surface area (Å²) in [7, 11) is -2.26. The molecular weight excluding hydrogens is 296 g/mol. The van der Waals surface area contributed by atoms with Gasteiger partial charge in [-0.1, -0.05) is 12.8 Å². The number of nitrogens with one attached hydrogen (secondary N) is 1. The van der Waals surface area contributed by atoms with Crippen molar-refractivity contribution in [3.8, 4) is 0 Å². The Morgan fingerprint density at radius 2 is 1.95 bits per heavy atom. The Bertz CT molecular complexity index is 590. The average molecular weight is 316 g/mol. The molecule has 2 N–H and O–H groups in total. The van der Waals surface area contributed by atoms with Gasteiger partial charge in [-0.3, -0.25) is 9.48 Å². The predicted octanol–water partition coefficient (Wildman–Crippen LogP) is 0.256. The minimum atomic E-state index is -3.83. The maximum Gasteiger partial charge on any atom is 0.327 e. The minimum Gasteiger partial charge on any atom is -0.480 e. The predicted molar refractivity (Wildman–Crippen MR) is 75.7 cm³/mol. The van der Waals surface area contributed by atoms with Crippen LogP contribution in [0.3, 0.4) is 0 Å². The van der Waals surface area contributed by atoms with E-state index in [0.717, 1.165) is 25.7 Å². The summed E-state index contributed by atoms with van der Waals surface area (Å²) in [6.45, 7) is 0.847. The molecule has 9 heteroatoms. The van der Waals surface area contributed by atoms with E-state index in [1.54, 1.807) is 7.05 Å². The van der Waals surface area contributed by atoms with Gasteiger partial charge in [-0.15, -0.1) is 0 Å². The van der Waals surface area contributed by atoms with Crippen molar-refractivity contribution in [2.45, 2.75) is 31.7 Å². The van der Waals surface area contributed by atoms with E-state index < -0.39 is 22.2 Å². The molecule has 21 heavy (non-hydrogen) atoms. The maximum absolute atomic E-state index is 12.4. The average Bonchev–Trinajstić information content (AvgIpc) is 2.68. The largest absolute Gasteiger partial charge is 0.480 e. The molecule has 1 atom stereocenters. The first-order chi connectivity index (χ1) is 9.92. The molecule has 1 aliphatic rings. The lowest BCUT2D eigenvalue weighted by Crippen LogP contribution is -2.45. The Labute approximate surface area is 123 Å². The van der Waals surface area contributed by atoms with Crippen LogP contribution in [0.15, 0.2) is 12.3 Å². The van der Waals surface area contributed by atoms with Crippen molar-refractivity contribution in [3.63, 3.8) is 0 Å². The van der Waals surface area contributed by atoms with Crippen molar-refractivity contribution in [1.82, 2.24) is 18.8 Å². The second-order valence-corrected chi connectivity index (χ2v) is 6.79. The highest BCUT2D eigenvalue weighted by Crippen LogP contribution is 2.17. The number of aliphatic carboxylic acids is 1. The fraction of sp³-hybridized carbons (Fsp3) is 0.667. The summed E-state index contributed by atoms with van der Waals surface area (Å²) in [6.07, 6.45) is 5.02. The monoisotopic (exact) mass is 316 g/mol. The maximum atomic E-state index is 12.4. The van der Waals surface area contributed by atoms with Crippen molar-refractivity contribution < 1.29 is 18.3 Å². The Balaban J connectivity index is 2.19. The number of carbonyl (C=O) groups is 1. The normalized spacial score (nSPS) is 19.1. The van der Waals surface area contributed by atoms with Gasteiger partial charge in [0.1, 0.15) is 0 Å². The van der Waals surface area contributed by atoms with Crippen LogP contribution in [-0.2, 0) is 22.1 Å². The van der Waals surface area contributed by atoms with E-state index in [9.17, 15) is 18.3 Å². The zero-order chi connectivity index (χ0) is 15.5. The zero-order valence-electron chi connectivity index (χ0n) is 11.9. The number of aromatic nitrogens is 2. The first-order valence-corrected chi connectivity index (χ1v) is 8.34. The first kappa shape index (κ1) is 15.9. The Morgan fingerprint density at radius 1 is 1.33 bits per heavy atom. The molecule has 2 heterocycles. The molecule has 0 radical (unpaired) electrons. The molecule has 118 valence electrons. The fourth-order valence-electron chi connectivity index (χ4n) is 2.41. The quantitative estimate of drug-likeness (QED) is 0.810. The van der Waals surface area contributed by atoms with Crippen LogP contribution < -0.4 is 4.72 Å². The highest BCUT2D eigenvalue weighted by molar-refractivity contribution is 7.87. The van der Waals surface area contributed by atoms with Crippen LogP contribution in [-0.4, -0.2) is 46.7 Å². The van der Waals surface area contributed by atoms with E-state index in [1.807, 2.05) is 0 Å². The Morgan fingerprint density at radius 3 is 2.43 bits per heavy atom. The Kier molecular flexibility index (Phi) is 4.96. The van der Waals surface area contributed by atoms with Crippen molar-refractivity contribution in [2.24, 2.45) is 7.05 Å². The molecule has 0 spiro atoms. The number of hydrogen-bond acceptors (Lipinski definition) is 4. The molecule has 0 saturated carbocycles. The third kappa shape index (κ3) is 3.80. The van der Waals surface area contributed by atoms with E-state index in [2.05, 4.69) is 9.82 Å². The third-order valence-electron chi connectivity index (χ3n) is 3.57. The van der Waals surface area contributed by atoms with Gasteiger partial charge in [0.2, 0.25) is 0 Å². The van der Waals surface area contributed by atoms with Gasteiger partial charge in [0.25, 0.3) is 10.2 Å². The van der Waals surface area contributed by atoms with E-state index in [0.29, 0.717) is 18.8 Å². The number of carboxylic acids is 1. The number of nitrogens with zero attached hydrogens (tertiary/aromatic N) is 3. The van der Waals surface area contributed by atoms with Gasteiger partial charge in [0, 0.05) is 26.3 Å². The third-order valence-corrected chi connectivity index (χ3v) is 5.15. The molecule has 0 aromatic carbocycles. The lowest BCUT2D eigenvalue weighted by Gasteiger charge is -2.23. The smallest absolute Gasteiger partial charge is 0.327 e. The van der Waals surface area contributed by atoms with Crippen LogP contribution in [0.4, 0.5) is 0 Å². The van der Waals surface area contributed by atoms with E-state index in [1.165, 1.54) is 21.3 Å². The van der Waals surface area contributed by atoms with E-state index in [-0.39, 0.29) is 0 Å². The highest BCUT2D eigenvalue weighted by Gasteiger charge is 2.31. The fourth-order valence-corrected chi connectivity index (χ4v) is 3.82. The summed E-state index contributed by atoms with van der Waals surface area (Å²) in [6, 6.07) is 0.148. The Hall–Kier alpha value is -1.45. The molecule has 1 unspecified atom stereocenters. The van der Waals surface area contributed by atoms with Crippen LogP contribution in [0.2, 0.25) is 0 Å². The molecular formula is C12H20N4O4S. The summed E-state index contributed by atoms with van der Waals surface area (Å²) in [5.74, 6) is -1.25. The summed E-state index contributed by atoms with van der Waals surface area (Å²) in [5.41, 5.74) is 0.292. The van der Waals surface area contributed by atoms with Gasteiger partial charge in [-0.05, 0) is 18.9 Å². The standard InChI is InChI=1S/C12H20N4O4S/c1-15-10(6-7-13-15)11(12(17)18)14-21(19,20)16-8-4-2-3-5-9-16/h6-7,11,14H,2-5,8-9H2,1H3,(H,17,18). The van der Waals surface area contributed by atoms with E-state index >= 15 is 0 Å². The summed E-state index contributed by atoms with van der Waals surface area (Å²) >= 11 is 0. The van der Waals surface area contributed by atoms with Crippen LogP contribution in [0.1, 0.15) is 37.4 Å². The lowest BCUT2D eigenvalue weighted by molar-refractivity contribution is -0.139. The van der Waals surface area contributed by atoms with Crippen LogP contribution >= 0.6 is 0 Å². The highest BCUT2D eigenvalue weighted by atomic mass is 32.2. The summed E-state index contributed by atoms with van der Waals surface area (Å²) < 4.78 is 29.7. The van der Waals surface area contributed by atoms with Gasteiger partial charge >= 0.3 is 5.97 Å². The van der Waals surface area contributed by atoms with Crippen molar-refractivity contribution in [3.05, 3.63) is 18.0 Å². The van der Waals surface area contributed by atoms with Crippen molar-refractivity contribution in [2.75, 3.05) is 13.1 Å². The molecule has 1 aromatic heterocycles. The van der Waals surface area contributed by atoms with Crippen LogP contribution in [0, 0.1) is 0 Å². The van der Waals surface area contributed by atoms with Gasteiger partial charge in [0.15, 0.2) is 6.04 Å². The van der Waals surface area contributed by atoms with Gasteiger partial charge in [-0.25, -0.2) is 0 Å². The molecule has 8 nitrogen and oxygen atoms in total. The van der Waals surface area contributed by atoms with Gasteiger partial charge in [-0.2, -0.15) is 22.5 Å². The lowest BCUT2D eigenvalue weighted by atomic mass is 10.2. The first-order valence-electron chi connectivity index (χ1n) is 6.90. The minimum absolute atomic E-state index is 0.292. The van der Waals surface area contributed by atoms with Crippen molar-refractivity contribution in [1.29, 1.82) is 0 Å². The number of hydrogen-bond donors (Lipinski definition) is 2. The molecule has 2 rings (SSSR count). The second kappa shape index (κ2) is 6.54. The molecule has 0 aliphatic carbocycles. The van der Waals surface area contributed by atoms with E-state index in [4.69, 9.17) is 0 Å². The zero-order valence-corrected chi connectivity index (χ0v) is 12.7. The topological polar surface area (TPSA) is 105 Å². The molecule has 1 aromatic rings. The molecule has 1 aliphatic heterocycles. The number of rotatable bonds is 5. The number of carboxylic acid groups (broad SMARTS) is 1. The van der Waals surface area contributed by atoms with Gasteiger partial charge in [0.05, 0.1) is 5.69 Å². The van der Waals surface area contributed by atoms with Crippen molar-refractivity contribution >= 4 is 16.2 Å².